The smallest absolute Gasteiger partial charge is 0.410 e. The van der Waals surface area contributed by atoms with Gasteiger partial charge in [-0.2, -0.15) is 0 Å². The van der Waals surface area contributed by atoms with Gasteiger partial charge in [0, 0.05) is 19.6 Å². The Labute approximate surface area is 150 Å². The van der Waals surface area contributed by atoms with Crippen molar-refractivity contribution in [1.82, 2.24) is 10.2 Å². The molecule has 1 fully saturated rings. The first kappa shape index (κ1) is 23.5. The number of piperidine rings is 1. The summed E-state index contributed by atoms with van der Waals surface area (Å²) in [5.74, 6) is 0. The first-order valence-corrected chi connectivity index (χ1v) is 8.58. The predicted molar refractivity (Wildman–Crippen MR) is 94.4 cm³/mol. The van der Waals surface area contributed by atoms with Gasteiger partial charge >= 0.3 is 12.2 Å². The number of rotatable bonds is 2. The molecule has 8 heteroatoms. The third-order valence-electron chi connectivity index (χ3n) is 2.90. The van der Waals surface area contributed by atoms with Crippen molar-refractivity contribution < 1.29 is 29.3 Å². The van der Waals surface area contributed by atoms with Crippen LogP contribution in [0.5, 0.6) is 0 Å². The van der Waals surface area contributed by atoms with Crippen LogP contribution in [-0.2, 0) is 9.47 Å². The molecular weight excluding hydrogens is 328 g/mol. The van der Waals surface area contributed by atoms with Crippen LogP contribution in [0.25, 0.3) is 0 Å². The quantitative estimate of drug-likeness (QED) is 0.692. The zero-order valence-corrected chi connectivity index (χ0v) is 16.3. The van der Waals surface area contributed by atoms with E-state index < -0.39 is 17.3 Å². The lowest BCUT2D eigenvalue weighted by atomic mass is 10.1. The van der Waals surface area contributed by atoms with E-state index in [0.29, 0.717) is 25.9 Å². The second kappa shape index (κ2) is 10.5. The van der Waals surface area contributed by atoms with E-state index in [1.54, 1.807) is 25.7 Å². The number of ether oxygens (including phenoxy) is 2. The Hall–Kier alpha value is -1.54. The lowest BCUT2D eigenvalue weighted by molar-refractivity contribution is 0.0100. The highest BCUT2D eigenvalue weighted by atomic mass is 16.6. The summed E-state index contributed by atoms with van der Waals surface area (Å²) in [6.07, 6.45) is 0.281. The van der Waals surface area contributed by atoms with Crippen molar-refractivity contribution in [2.75, 3.05) is 26.2 Å². The topological polar surface area (TPSA) is 108 Å². The highest BCUT2D eigenvalue weighted by Gasteiger charge is 2.25. The Balaban J connectivity index is 0.000000477. The van der Waals surface area contributed by atoms with Gasteiger partial charge in [-0.15, -0.1) is 0 Å². The Kier molecular flexibility index (Phi) is 9.81. The maximum absolute atomic E-state index is 11.5. The standard InChI is InChI=1S/C10H19NO3.C7H15NO3/c1-10(2,3)14-9(13)11-6-4-8(12)5-7-11;1-7(2,3)11-6(10)8-4-5-9/h8,12H,4-7H2,1-3H3;9H,4-5H2,1-3H3,(H,8,10). The third-order valence-corrected chi connectivity index (χ3v) is 2.90. The number of hydrogen-bond acceptors (Lipinski definition) is 6. The first-order chi connectivity index (χ1) is 11.3. The van der Waals surface area contributed by atoms with E-state index in [1.807, 2.05) is 20.8 Å². The van der Waals surface area contributed by atoms with Crippen molar-refractivity contribution >= 4 is 12.2 Å². The molecule has 0 atom stereocenters. The van der Waals surface area contributed by atoms with Crippen LogP contribution in [0.3, 0.4) is 0 Å². The second-order valence-corrected chi connectivity index (χ2v) is 7.85. The average Bonchev–Trinajstić information content (AvgIpc) is 2.43. The van der Waals surface area contributed by atoms with Gasteiger partial charge in [0.1, 0.15) is 11.2 Å². The largest absolute Gasteiger partial charge is 0.444 e. The summed E-state index contributed by atoms with van der Waals surface area (Å²) in [6.45, 7) is 12.2. The predicted octanol–water partition coefficient (Wildman–Crippen LogP) is 1.88. The maximum Gasteiger partial charge on any atom is 0.410 e. The van der Waals surface area contributed by atoms with Crippen LogP contribution in [0.4, 0.5) is 9.59 Å². The van der Waals surface area contributed by atoms with Crippen molar-refractivity contribution in [3.05, 3.63) is 0 Å². The van der Waals surface area contributed by atoms with Gasteiger partial charge in [-0.05, 0) is 54.4 Å². The zero-order valence-electron chi connectivity index (χ0n) is 16.3. The molecule has 0 radical (unpaired) electrons. The van der Waals surface area contributed by atoms with Gasteiger partial charge in [0.05, 0.1) is 12.7 Å². The molecule has 0 bridgehead atoms. The molecule has 0 aromatic heterocycles. The average molecular weight is 362 g/mol. The van der Waals surface area contributed by atoms with Gasteiger partial charge < -0.3 is 29.9 Å². The third kappa shape index (κ3) is 13.4. The Morgan fingerprint density at radius 1 is 1.04 bits per heavy atom. The fraction of sp³-hybridized carbons (Fsp3) is 0.882. The van der Waals surface area contributed by atoms with Gasteiger partial charge in [-0.1, -0.05) is 0 Å². The van der Waals surface area contributed by atoms with Crippen LogP contribution in [0.1, 0.15) is 54.4 Å². The molecule has 1 aliphatic rings. The molecule has 1 rings (SSSR count). The summed E-state index contributed by atoms with van der Waals surface area (Å²) in [4.78, 5) is 24.0. The number of alkyl carbamates (subject to hydrolysis) is 1. The first-order valence-electron chi connectivity index (χ1n) is 8.58. The van der Waals surface area contributed by atoms with E-state index in [0.717, 1.165) is 0 Å². The minimum absolute atomic E-state index is 0.0702. The molecule has 1 heterocycles. The van der Waals surface area contributed by atoms with E-state index >= 15 is 0 Å². The number of aliphatic hydroxyl groups is 2. The molecule has 1 aliphatic heterocycles. The van der Waals surface area contributed by atoms with Gasteiger partial charge in [0.25, 0.3) is 0 Å². The zero-order chi connectivity index (χ0) is 19.7. The fourth-order valence-corrected chi connectivity index (χ4v) is 1.85. The molecule has 3 N–H and O–H groups in total. The number of nitrogens with zero attached hydrogens (tertiary/aromatic N) is 1. The minimum Gasteiger partial charge on any atom is -0.444 e. The van der Waals surface area contributed by atoms with E-state index in [1.165, 1.54) is 0 Å². The summed E-state index contributed by atoms with van der Waals surface area (Å²) in [7, 11) is 0. The molecule has 148 valence electrons. The van der Waals surface area contributed by atoms with Gasteiger partial charge in [-0.3, -0.25) is 0 Å². The van der Waals surface area contributed by atoms with E-state index in [2.05, 4.69) is 5.32 Å². The van der Waals surface area contributed by atoms with Gasteiger partial charge in [-0.25, -0.2) is 9.59 Å². The highest BCUT2D eigenvalue weighted by Crippen LogP contribution is 2.15. The molecule has 0 aromatic carbocycles. The minimum atomic E-state index is -0.494. The molecule has 0 aromatic rings. The molecule has 0 aliphatic carbocycles. The number of carbonyl (C=O) groups excluding carboxylic acids is 2. The molecule has 25 heavy (non-hydrogen) atoms. The number of nitrogens with one attached hydrogen (secondary N) is 1. The molecule has 1 saturated heterocycles. The molecular formula is C17H34N2O6. The molecule has 2 amide bonds. The van der Waals surface area contributed by atoms with Crippen molar-refractivity contribution in [2.24, 2.45) is 0 Å². The number of hydrogen-bond donors (Lipinski definition) is 3. The molecule has 8 nitrogen and oxygen atoms in total. The molecule has 0 saturated carbocycles. The van der Waals surface area contributed by atoms with Gasteiger partial charge in [0.15, 0.2) is 0 Å². The lowest BCUT2D eigenvalue weighted by Crippen LogP contribution is -2.42. The van der Waals surface area contributed by atoms with Crippen molar-refractivity contribution in [1.29, 1.82) is 0 Å². The number of amides is 2. The van der Waals surface area contributed by atoms with Crippen molar-refractivity contribution in [3.63, 3.8) is 0 Å². The SMILES string of the molecule is CC(C)(C)OC(=O)N1CCC(O)CC1.CC(C)(C)OC(=O)NCCO. The fourth-order valence-electron chi connectivity index (χ4n) is 1.85. The molecule has 0 unspecified atom stereocenters. The number of aliphatic hydroxyl groups excluding tert-OH is 2. The summed E-state index contributed by atoms with van der Waals surface area (Å²) < 4.78 is 10.1. The van der Waals surface area contributed by atoms with Crippen LogP contribution in [0.15, 0.2) is 0 Å². The van der Waals surface area contributed by atoms with E-state index in [9.17, 15) is 14.7 Å². The summed E-state index contributed by atoms with van der Waals surface area (Å²) in [6, 6.07) is 0. The summed E-state index contributed by atoms with van der Waals surface area (Å²) >= 11 is 0. The maximum atomic E-state index is 11.5. The van der Waals surface area contributed by atoms with Crippen LogP contribution >= 0.6 is 0 Å². The number of likely N-dealkylation sites (tertiary alicyclic amines) is 1. The Morgan fingerprint density at radius 2 is 1.52 bits per heavy atom. The van der Waals surface area contributed by atoms with E-state index in [4.69, 9.17) is 14.6 Å². The van der Waals surface area contributed by atoms with Crippen LogP contribution in [0.2, 0.25) is 0 Å². The normalized spacial score (nSPS) is 15.8. The summed E-state index contributed by atoms with van der Waals surface area (Å²) in [5.41, 5.74) is -0.910. The van der Waals surface area contributed by atoms with Crippen LogP contribution in [-0.4, -0.2) is 70.8 Å². The Morgan fingerprint density at radius 3 is 1.92 bits per heavy atom. The van der Waals surface area contributed by atoms with Crippen molar-refractivity contribution in [3.8, 4) is 0 Å². The number of carbonyl (C=O) groups is 2. The van der Waals surface area contributed by atoms with Crippen molar-refractivity contribution in [2.45, 2.75) is 71.7 Å². The second-order valence-electron chi connectivity index (χ2n) is 7.85. The van der Waals surface area contributed by atoms with Crippen LogP contribution < -0.4 is 5.32 Å². The Bertz CT molecular complexity index is 406. The van der Waals surface area contributed by atoms with Crippen LogP contribution in [0, 0.1) is 0 Å². The lowest BCUT2D eigenvalue weighted by Gasteiger charge is -2.31. The van der Waals surface area contributed by atoms with E-state index in [-0.39, 0.29) is 25.3 Å². The summed E-state index contributed by atoms with van der Waals surface area (Å²) in [5, 5.41) is 20.0. The molecule has 0 spiro atoms. The monoisotopic (exact) mass is 362 g/mol. The highest BCUT2D eigenvalue weighted by molar-refractivity contribution is 5.68. The van der Waals surface area contributed by atoms with Gasteiger partial charge in [0.2, 0.25) is 0 Å².